The molecule has 1 aromatic heterocycles. The molecule has 0 fully saturated rings. The molecule has 1 N–H and O–H groups in total. The smallest absolute Gasteiger partial charge is 0.303 e. The minimum absolute atomic E-state index is 0.879. The summed E-state index contributed by atoms with van der Waals surface area (Å²) in [6.45, 7) is 6.62. The normalized spacial score (nSPS) is 16.6. The summed E-state index contributed by atoms with van der Waals surface area (Å²) < 4.78 is 3.85. The highest BCUT2D eigenvalue weighted by molar-refractivity contribution is 7.22. The van der Waals surface area contributed by atoms with Crippen LogP contribution >= 0.6 is 11.3 Å². The molecule has 20 heavy (non-hydrogen) atoms. The van der Waals surface area contributed by atoms with Gasteiger partial charge < -0.3 is 9.38 Å². The Kier molecular flexibility index (Phi) is 3.54. The monoisotopic (exact) mass is 287 g/mol. The van der Waals surface area contributed by atoms with E-state index in [9.17, 15) is 0 Å². The minimum Gasteiger partial charge on any atom is -0.420 e. The van der Waals surface area contributed by atoms with Gasteiger partial charge in [0, 0.05) is 6.92 Å². The van der Waals surface area contributed by atoms with Crippen LogP contribution in [-0.4, -0.2) is 12.3 Å². The number of benzene rings is 1. The van der Waals surface area contributed by atoms with E-state index in [-0.39, 0.29) is 0 Å². The molecule has 2 heterocycles. The molecule has 5 heteroatoms. The molecule has 0 atom stereocenters. The fourth-order valence-corrected chi connectivity index (χ4v) is 4.85. The molecule has 2 aromatic rings. The lowest BCUT2D eigenvalue weighted by atomic mass is 9.40. The zero-order valence-corrected chi connectivity index (χ0v) is 13.3. The van der Waals surface area contributed by atoms with Gasteiger partial charge in [-0.2, -0.15) is 0 Å². The maximum Gasteiger partial charge on any atom is 0.303 e. The molecule has 1 aliphatic rings. The summed E-state index contributed by atoms with van der Waals surface area (Å²) in [4.78, 5) is 5.09. The molecule has 0 amide bonds. The van der Waals surface area contributed by atoms with Crippen LogP contribution < -0.4 is 9.79 Å². The molecule has 0 saturated carbocycles. The number of nitrogens with one attached hydrogen (secondary N) is 1. The van der Waals surface area contributed by atoms with Crippen LogP contribution in [0.3, 0.4) is 0 Å². The number of nitrogens with zero attached hydrogens (tertiary/aromatic N) is 2. The predicted octanol–water partition coefficient (Wildman–Crippen LogP) is 4.14. The Hall–Kier alpha value is -1.36. The zero-order chi connectivity index (χ0) is 14.2. The van der Waals surface area contributed by atoms with Crippen LogP contribution in [0.2, 0.25) is 12.6 Å². The van der Waals surface area contributed by atoms with E-state index in [1.54, 1.807) is 0 Å². The summed E-state index contributed by atoms with van der Waals surface area (Å²) in [6.07, 6.45) is 3.79. The second-order valence-corrected chi connectivity index (χ2v) is 6.83. The fourth-order valence-electron chi connectivity index (χ4n) is 3.63. The molecular weight excluding hydrogens is 265 g/mol. The predicted molar refractivity (Wildman–Crippen MR) is 90.1 cm³/mol. The number of hydrogen-bond acceptors (Lipinski definition) is 3. The third kappa shape index (κ3) is 2.04. The summed E-state index contributed by atoms with van der Waals surface area (Å²) in [5, 5.41) is 4.72. The van der Waals surface area contributed by atoms with Gasteiger partial charge in [-0.25, -0.2) is 5.32 Å². The van der Waals surface area contributed by atoms with Crippen molar-refractivity contribution < 1.29 is 4.48 Å². The Labute approximate surface area is 124 Å². The highest BCUT2D eigenvalue weighted by atomic mass is 32.1. The topological polar surface area (TPSA) is 28.3 Å². The number of rotatable bonds is 4. The highest BCUT2D eigenvalue weighted by Crippen LogP contribution is 2.32. The largest absolute Gasteiger partial charge is 0.420 e. The average molecular weight is 287 g/mol. The first-order valence-corrected chi connectivity index (χ1v) is 8.47. The third-order valence-electron chi connectivity index (χ3n) is 4.25. The van der Waals surface area contributed by atoms with Crippen molar-refractivity contribution in [2.45, 2.75) is 46.3 Å². The van der Waals surface area contributed by atoms with Crippen molar-refractivity contribution >= 4 is 38.9 Å². The van der Waals surface area contributed by atoms with E-state index in [4.69, 9.17) is 4.90 Å². The fraction of sp³-hybridized carbons (Fsp3) is 0.467. The van der Waals surface area contributed by atoms with Gasteiger partial charge in [-0.15, -0.1) is 12.6 Å². The van der Waals surface area contributed by atoms with Crippen molar-refractivity contribution in [1.29, 1.82) is 0 Å². The molecular formula is C15H22BN3S. The van der Waals surface area contributed by atoms with Gasteiger partial charge in [-0.3, -0.25) is 0 Å². The van der Waals surface area contributed by atoms with Crippen LogP contribution in [0.4, 0.5) is 5.13 Å². The van der Waals surface area contributed by atoms with Crippen molar-refractivity contribution in [3.63, 3.8) is 0 Å². The van der Waals surface area contributed by atoms with Crippen LogP contribution in [0.5, 0.6) is 0 Å². The van der Waals surface area contributed by atoms with Crippen molar-refractivity contribution in [2.75, 3.05) is 5.32 Å². The van der Waals surface area contributed by atoms with Crippen molar-refractivity contribution in [3.8, 4) is 0 Å². The van der Waals surface area contributed by atoms with E-state index in [2.05, 4.69) is 54.8 Å². The standard InChI is InChI=1S/C15H22BN3S/c1-4-10-16(11-5-2)18-12(3)17-15-19(16)13-8-6-7-9-14(13)20-15/h6-9H,4-5,10-11H2,1-3H3,(H,17,18). The van der Waals surface area contributed by atoms with Crippen molar-refractivity contribution in [1.82, 2.24) is 0 Å². The van der Waals surface area contributed by atoms with E-state index in [0.717, 1.165) is 18.5 Å². The minimum atomic E-state index is -0.879. The Morgan fingerprint density at radius 3 is 2.60 bits per heavy atom. The molecule has 0 radical (unpaired) electrons. The Morgan fingerprint density at radius 2 is 1.90 bits per heavy atom. The first-order valence-electron chi connectivity index (χ1n) is 7.65. The number of hydrogen-bond donors (Lipinski definition) is 1. The molecule has 3 nitrogen and oxygen atoms in total. The average Bonchev–Trinajstić information content (AvgIpc) is 2.77. The summed E-state index contributed by atoms with van der Waals surface area (Å²) in [6, 6.07) is 8.69. The lowest BCUT2D eigenvalue weighted by Crippen LogP contribution is -2.66. The molecule has 0 spiro atoms. The van der Waals surface area contributed by atoms with Gasteiger partial charge in [-0.1, -0.05) is 50.2 Å². The van der Waals surface area contributed by atoms with Crippen molar-refractivity contribution in [3.05, 3.63) is 24.3 Å². The van der Waals surface area contributed by atoms with E-state index >= 15 is 0 Å². The zero-order valence-electron chi connectivity index (χ0n) is 12.5. The SMILES string of the molecule is CCC[B-]1(CCC)N=C(C)Nc2sc3ccccc3[n+]21. The van der Waals surface area contributed by atoms with Gasteiger partial charge in [-0.05, 0) is 12.1 Å². The van der Waals surface area contributed by atoms with Crippen LogP contribution in [0, 0.1) is 0 Å². The Bertz CT molecular complexity index is 656. The van der Waals surface area contributed by atoms with E-state index < -0.39 is 6.42 Å². The van der Waals surface area contributed by atoms with Gasteiger partial charge in [0.15, 0.2) is 0 Å². The first-order chi connectivity index (χ1) is 9.70. The molecule has 1 aliphatic heterocycles. The number of anilines is 1. The van der Waals surface area contributed by atoms with Crippen LogP contribution in [0.25, 0.3) is 10.2 Å². The van der Waals surface area contributed by atoms with Crippen LogP contribution in [0.1, 0.15) is 33.6 Å². The van der Waals surface area contributed by atoms with Gasteiger partial charge in [0.1, 0.15) is 5.84 Å². The Morgan fingerprint density at radius 1 is 1.20 bits per heavy atom. The quantitative estimate of drug-likeness (QED) is 0.841. The maximum atomic E-state index is 5.09. The van der Waals surface area contributed by atoms with Crippen LogP contribution in [0.15, 0.2) is 29.2 Å². The summed E-state index contributed by atoms with van der Waals surface area (Å²) in [5.41, 5.74) is 1.33. The van der Waals surface area contributed by atoms with Gasteiger partial charge in [0.25, 0.3) is 5.13 Å². The molecule has 106 valence electrons. The third-order valence-corrected chi connectivity index (χ3v) is 5.31. The first kappa shape index (κ1) is 13.6. The lowest BCUT2D eigenvalue weighted by Gasteiger charge is -2.37. The molecule has 1 aromatic carbocycles. The van der Waals surface area contributed by atoms with Gasteiger partial charge in [0.2, 0.25) is 0 Å². The van der Waals surface area contributed by atoms with Gasteiger partial charge >= 0.3 is 6.42 Å². The number of fused-ring (bicyclic) bond motifs is 3. The molecule has 0 bridgehead atoms. The van der Waals surface area contributed by atoms with Crippen LogP contribution in [-0.2, 0) is 0 Å². The molecule has 3 rings (SSSR count). The number of thiazole rings is 1. The second-order valence-electron chi connectivity index (χ2n) is 5.80. The summed E-state index contributed by atoms with van der Waals surface area (Å²) >= 11 is 1.84. The van der Waals surface area contributed by atoms with Crippen molar-refractivity contribution in [2.24, 2.45) is 4.90 Å². The molecule has 0 saturated heterocycles. The molecule has 0 unspecified atom stereocenters. The van der Waals surface area contributed by atoms with E-state index in [1.165, 1.54) is 28.2 Å². The van der Waals surface area contributed by atoms with Gasteiger partial charge in [0.05, 0.1) is 10.2 Å². The number of aromatic nitrogens is 1. The van der Waals surface area contributed by atoms with E-state index in [0.29, 0.717) is 0 Å². The second kappa shape index (κ2) is 5.21. The summed E-state index contributed by atoms with van der Waals surface area (Å²) in [7, 11) is 0. The lowest BCUT2D eigenvalue weighted by molar-refractivity contribution is -0.499. The highest BCUT2D eigenvalue weighted by Gasteiger charge is 2.38. The Balaban J connectivity index is 2.26. The molecule has 0 aliphatic carbocycles. The number of para-hydroxylation sites is 1. The summed E-state index contributed by atoms with van der Waals surface area (Å²) in [5.74, 6) is 1.07. The number of amidine groups is 1. The maximum absolute atomic E-state index is 5.09. The van der Waals surface area contributed by atoms with E-state index in [1.807, 2.05) is 11.3 Å².